The molecule has 2 nitrogen and oxygen atoms in total. The minimum atomic E-state index is -4.41. The topological polar surface area (TPSA) is 18.5 Å². The number of fused-ring (bicyclic) bond motifs is 1. The molecule has 0 spiro atoms. The summed E-state index contributed by atoms with van der Waals surface area (Å²) < 4.78 is 48.9. The highest BCUT2D eigenvalue weighted by molar-refractivity contribution is 5.43. The van der Waals surface area contributed by atoms with Crippen LogP contribution in [0.3, 0.4) is 0 Å². The van der Waals surface area contributed by atoms with Gasteiger partial charge < -0.3 is 9.47 Å². The number of ether oxygens (including phenoxy) is 2. The molecular formula is C16H19F3O2. The van der Waals surface area contributed by atoms with E-state index >= 15 is 0 Å². The van der Waals surface area contributed by atoms with Gasteiger partial charge in [-0.2, -0.15) is 13.2 Å². The average molecular weight is 300 g/mol. The number of hydrogen-bond acceptors (Lipinski definition) is 2. The zero-order valence-corrected chi connectivity index (χ0v) is 12.0. The minimum absolute atomic E-state index is 0.155. The monoisotopic (exact) mass is 300 g/mol. The van der Waals surface area contributed by atoms with Crippen molar-refractivity contribution < 1.29 is 22.6 Å². The molecule has 0 radical (unpaired) electrons. The normalized spacial score (nSPS) is 19.8. The van der Waals surface area contributed by atoms with E-state index < -0.39 is 12.3 Å². The van der Waals surface area contributed by atoms with Gasteiger partial charge in [-0.25, -0.2) is 0 Å². The van der Waals surface area contributed by atoms with Gasteiger partial charge in [0.15, 0.2) is 17.6 Å². The molecule has 0 saturated heterocycles. The lowest BCUT2D eigenvalue weighted by Crippen LogP contribution is -2.28. The Hall–Kier alpha value is -1.65. The molecule has 5 heteroatoms. The van der Waals surface area contributed by atoms with Crippen LogP contribution in [0.4, 0.5) is 13.2 Å². The molecule has 0 aromatic heterocycles. The van der Waals surface area contributed by atoms with Crippen molar-refractivity contribution in [2.45, 2.75) is 51.3 Å². The van der Waals surface area contributed by atoms with E-state index in [2.05, 4.69) is 6.92 Å². The summed E-state index contributed by atoms with van der Waals surface area (Å²) in [6.07, 6.45) is -0.399. The molecule has 1 aliphatic heterocycles. The molecule has 1 unspecified atom stereocenters. The van der Waals surface area contributed by atoms with E-state index in [1.807, 2.05) is 0 Å². The summed E-state index contributed by atoms with van der Waals surface area (Å²) in [6.45, 7) is 2.09. The molecule has 2 rings (SSSR count). The molecule has 1 aliphatic rings. The van der Waals surface area contributed by atoms with Crippen molar-refractivity contribution in [2.24, 2.45) is 0 Å². The van der Waals surface area contributed by atoms with Crippen LogP contribution in [0.2, 0.25) is 0 Å². The Morgan fingerprint density at radius 1 is 1.10 bits per heavy atom. The fraction of sp³-hybridized carbons (Fsp3) is 0.500. The van der Waals surface area contributed by atoms with Gasteiger partial charge in [0.2, 0.25) is 0 Å². The van der Waals surface area contributed by atoms with Crippen molar-refractivity contribution >= 4 is 0 Å². The van der Waals surface area contributed by atoms with Crippen molar-refractivity contribution in [3.05, 3.63) is 36.1 Å². The second-order valence-corrected chi connectivity index (χ2v) is 5.09. The summed E-state index contributed by atoms with van der Waals surface area (Å²) in [4.78, 5) is 0. The second-order valence-electron chi connectivity index (χ2n) is 5.09. The summed E-state index contributed by atoms with van der Waals surface area (Å²) in [7, 11) is 0. The fourth-order valence-corrected chi connectivity index (χ4v) is 2.28. The van der Waals surface area contributed by atoms with Gasteiger partial charge in [-0.1, -0.05) is 38.3 Å². The van der Waals surface area contributed by atoms with Gasteiger partial charge >= 0.3 is 6.18 Å². The van der Waals surface area contributed by atoms with Gasteiger partial charge in [0.1, 0.15) is 5.76 Å². The van der Waals surface area contributed by atoms with Crippen LogP contribution < -0.4 is 9.47 Å². The average Bonchev–Trinajstić information content (AvgIpc) is 2.42. The molecule has 1 atom stereocenters. The predicted octanol–water partition coefficient (Wildman–Crippen LogP) is 5.24. The minimum Gasteiger partial charge on any atom is -0.479 e. The van der Waals surface area contributed by atoms with Crippen molar-refractivity contribution in [3.63, 3.8) is 0 Å². The summed E-state index contributed by atoms with van der Waals surface area (Å²) in [5.41, 5.74) is 0. The van der Waals surface area contributed by atoms with Gasteiger partial charge in [-0.3, -0.25) is 0 Å². The molecule has 0 saturated carbocycles. The summed E-state index contributed by atoms with van der Waals surface area (Å²) in [5.74, 6) is 0.674. The maximum atomic E-state index is 12.6. The number of para-hydroxylation sites is 2. The Morgan fingerprint density at radius 3 is 2.48 bits per heavy atom. The molecule has 1 aromatic rings. The smallest absolute Gasteiger partial charge is 0.413 e. The van der Waals surface area contributed by atoms with Gasteiger partial charge in [-0.05, 0) is 25.0 Å². The van der Waals surface area contributed by atoms with E-state index in [1.54, 1.807) is 24.3 Å². The van der Waals surface area contributed by atoms with Crippen LogP contribution in [-0.2, 0) is 0 Å². The zero-order valence-electron chi connectivity index (χ0n) is 12.0. The highest BCUT2D eigenvalue weighted by Crippen LogP contribution is 2.37. The van der Waals surface area contributed by atoms with Crippen LogP contribution in [0.25, 0.3) is 0 Å². The third kappa shape index (κ3) is 4.69. The highest BCUT2D eigenvalue weighted by Gasteiger charge is 2.32. The number of benzene rings is 1. The molecule has 0 N–H and O–H groups in total. The van der Waals surface area contributed by atoms with E-state index in [0.717, 1.165) is 25.7 Å². The summed E-state index contributed by atoms with van der Waals surface area (Å²) in [6, 6.07) is 6.79. The van der Waals surface area contributed by atoms with Crippen LogP contribution >= 0.6 is 0 Å². The Morgan fingerprint density at radius 2 is 1.81 bits per heavy atom. The van der Waals surface area contributed by atoms with Crippen LogP contribution in [0.5, 0.6) is 11.5 Å². The predicted molar refractivity (Wildman–Crippen MR) is 74.4 cm³/mol. The van der Waals surface area contributed by atoms with Crippen LogP contribution in [0.1, 0.15) is 39.0 Å². The lowest BCUT2D eigenvalue weighted by Gasteiger charge is -2.29. The van der Waals surface area contributed by atoms with Crippen molar-refractivity contribution in [1.29, 1.82) is 0 Å². The number of allylic oxidation sites excluding steroid dienone is 1. The van der Waals surface area contributed by atoms with E-state index in [1.165, 1.54) is 0 Å². The first-order valence-electron chi connectivity index (χ1n) is 7.22. The van der Waals surface area contributed by atoms with Crippen molar-refractivity contribution in [2.75, 3.05) is 0 Å². The third-order valence-electron chi connectivity index (χ3n) is 3.29. The molecule has 1 aromatic carbocycles. The Bertz CT molecular complexity index is 495. The van der Waals surface area contributed by atoms with Gasteiger partial charge in [-0.15, -0.1) is 0 Å². The molecule has 0 aliphatic carbocycles. The van der Waals surface area contributed by atoms with E-state index in [-0.39, 0.29) is 11.8 Å². The summed E-state index contributed by atoms with van der Waals surface area (Å²) in [5, 5.41) is 0. The zero-order chi connectivity index (χ0) is 15.3. The third-order valence-corrected chi connectivity index (χ3v) is 3.29. The summed E-state index contributed by atoms with van der Waals surface area (Å²) >= 11 is 0. The molecule has 0 fully saturated rings. The van der Waals surface area contributed by atoms with E-state index in [4.69, 9.17) is 9.47 Å². The number of alkyl halides is 3. The maximum absolute atomic E-state index is 12.6. The number of hydrogen-bond donors (Lipinski definition) is 0. The first-order valence-corrected chi connectivity index (χ1v) is 7.22. The fourth-order valence-electron chi connectivity index (χ4n) is 2.28. The van der Waals surface area contributed by atoms with Crippen LogP contribution in [0.15, 0.2) is 36.1 Å². The highest BCUT2D eigenvalue weighted by atomic mass is 19.4. The standard InChI is InChI=1S/C16H19F3O2/c1-2-3-4-5-8-14-15(11-16(17,18)19)21-13-10-7-6-9-12(13)20-14/h6-7,9-11,14H,2-5,8H2,1H3/b15-11+. The van der Waals surface area contributed by atoms with Gasteiger partial charge in [0.25, 0.3) is 0 Å². The number of rotatable bonds is 5. The molecular weight excluding hydrogens is 281 g/mol. The first kappa shape index (κ1) is 15.7. The van der Waals surface area contributed by atoms with Crippen molar-refractivity contribution in [1.82, 2.24) is 0 Å². The van der Waals surface area contributed by atoms with E-state index in [0.29, 0.717) is 17.9 Å². The van der Waals surface area contributed by atoms with Gasteiger partial charge in [0.05, 0.1) is 6.08 Å². The number of unbranched alkanes of at least 4 members (excludes halogenated alkanes) is 3. The quantitative estimate of drug-likeness (QED) is 0.692. The SMILES string of the molecule is CCCCCCC1Oc2ccccc2O/C1=C/C(F)(F)F. The molecule has 21 heavy (non-hydrogen) atoms. The molecule has 116 valence electrons. The Balaban J connectivity index is 2.13. The van der Waals surface area contributed by atoms with Crippen LogP contribution in [0, 0.1) is 0 Å². The lowest BCUT2D eigenvalue weighted by atomic mass is 10.1. The Labute approximate surface area is 122 Å². The lowest BCUT2D eigenvalue weighted by molar-refractivity contribution is -0.0835. The second kappa shape index (κ2) is 6.87. The van der Waals surface area contributed by atoms with E-state index in [9.17, 15) is 13.2 Å². The molecule has 0 amide bonds. The number of halogens is 3. The van der Waals surface area contributed by atoms with Crippen molar-refractivity contribution in [3.8, 4) is 11.5 Å². The Kier molecular flexibility index (Phi) is 5.15. The molecule has 0 bridgehead atoms. The maximum Gasteiger partial charge on any atom is 0.413 e. The van der Waals surface area contributed by atoms with Gasteiger partial charge in [0, 0.05) is 0 Å². The van der Waals surface area contributed by atoms with Crippen LogP contribution in [-0.4, -0.2) is 12.3 Å². The largest absolute Gasteiger partial charge is 0.479 e. The first-order chi connectivity index (χ1) is 9.99. The molecule has 1 heterocycles.